The number of phenols is 1. The van der Waals surface area contributed by atoms with Crippen LogP contribution in [0.3, 0.4) is 0 Å². The third-order valence-electron chi connectivity index (χ3n) is 14.7. The zero-order valence-corrected chi connectivity index (χ0v) is 43.9. The van der Waals surface area contributed by atoms with E-state index >= 15 is 0 Å². The maximum Gasteiger partial charge on any atom is 0.246 e. The van der Waals surface area contributed by atoms with E-state index in [2.05, 4.69) is 30.7 Å². The Morgan fingerprint density at radius 1 is 0.889 bits per heavy atom. The van der Waals surface area contributed by atoms with Crippen LogP contribution in [0.1, 0.15) is 141 Å². The molecule has 4 aromatic rings. The van der Waals surface area contributed by atoms with E-state index in [-0.39, 0.29) is 54.0 Å². The van der Waals surface area contributed by atoms with Gasteiger partial charge in [-0.25, -0.2) is 4.98 Å². The van der Waals surface area contributed by atoms with Crippen molar-refractivity contribution in [3.63, 3.8) is 0 Å². The fraction of sp³-hybridized carbons (Fsp3) is 0.582. The van der Waals surface area contributed by atoms with Crippen LogP contribution in [0, 0.1) is 12.3 Å². The first-order valence-electron chi connectivity index (χ1n) is 26.2. The van der Waals surface area contributed by atoms with E-state index in [1.807, 2.05) is 81.4 Å². The van der Waals surface area contributed by atoms with Crippen molar-refractivity contribution in [3.8, 4) is 27.4 Å². The smallest absolute Gasteiger partial charge is 0.246 e. The van der Waals surface area contributed by atoms with Crippen molar-refractivity contribution in [3.05, 3.63) is 71.4 Å². The van der Waals surface area contributed by atoms with Gasteiger partial charge in [0, 0.05) is 57.5 Å². The topological polar surface area (TPSA) is 216 Å². The van der Waals surface area contributed by atoms with Gasteiger partial charge in [-0.1, -0.05) is 109 Å². The summed E-state index contributed by atoms with van der Waals surface area (Å²) in [5, 5.41) is 35.5. The highest BCUT2D eigenvalue weighted by atomic mass is 32.1. The van der Waals surface area contributed by atoms with E-state index in [9.17, 15) is 29.4 Å². The minimum absolute atomic E-state index is 0.0312. The lowest BCUT2D eigenvalue weighted by molar-refractivity contribution is -0.154. The maximum absolute atomic E-state index is 14.1. The number of aliphatic hydroxyl groups excluding tert-OH is 1. The van der Waals surface area contributed by atoms with Gasteiger partial charge in [0.25, 0.3) is 0 Å². The number of nitrogen functional groups attached to an aromatic ring is 1. The number of nitrogens with zero attached hydrogens (tertiary/aromatic N) is 6. The number of unbranched alkanes of at least 4 members (excludes halogenated alkanes) is 9. The number of likely N-dealkylation sites (tertiary alicyclic amines) is 1. The van der Waals surface area contributed by atoms with Gasteiger partial charge in [0.2, 0.25) is 23.6 Å². The zero-order valence-electron chi connectivity index (χ0n) is 43.0. The molecule has 3 saturated heterocycles. The summed E-state index contributed by atoms with van der Waals surface area (Å²) < 4.78 is 6.36. The Morgan fingerprint density at radius 3 is 2.18 bits per heavy atom. The summed E-state index contributed by atoms with van der Waals surface area (Å²) in [6.07, 6.45) is 11.9. The standard InChI is InChI=1S/C55H77N9O7S/c1-37(39-22-24-40(25-23-39)49-38(2)57-36-72-49)58-52(69)45-32-41(65)34-64(45)53(70)50(54(3,4)5)59-47(67)20-14-12-10-8-6-7-9-11-13-15-21-48(68)63-30-31-71-55(35-63)26-28-62(29-27-55)44-33-43(60-61-51(44)56)42-18-16-17-19-46(42)66/h16-19,22-25,33,36-37,41,45,50,65-66H,6-15,20-21,26-32,34-35H2,1-5H3,(H2,56,61)(H,58,69)(H,59,67)/t37-,41?,45-,50+/m0/s1. The maximum atomic E-state index is 14.1. The molecule has 7 rings (SSSR count). The Labute approximate surface area is 429 Å². The van der Waals surface area contributed by atoms with E-state index in [1.165, 1.54) is 4.90 Å². The van der Waals surface area contributed by atoms with Gasteiger partial charge in [0.15, 0.2) is 5.82 Å². The number of para-hydroxylation sites is 1. The number of benzene rings is 2. The molecule has 0 bridgehead atoms. The van der Waals surface area contributed by atoms with Crippen LogP contribution >= 0.6 is 11.3 Å². The number of aliphatic hydroxyl groups is 1. The van der Waals surface area contributed by atoms with E-state index in [0.29, 0.717) is 62.7 Å². The molecule has 3 aliphatic rings. The number of amides is 4. The number of thiazole rings is 1. The third kappa shape index (κ3) is 14.1. The molecule has 4 atom stereocenters. The van der Waals surface area contributed by atoms with Crippen LogP contribution in [0.15, 0.2) is 60.1 Å². The van der Waals surface area contributed by atoms with Crippen molar-refractivity contribution in [2.45, 2.75) is 161 Å². The summed E-state index contributed by atoms with van der Waals surface area (Å²) in [6, 6.07) is 14.9. The van der Waals surface area contributed by atoms with Crippen molar-refractivity contribution < 1.29 is 34.1 Å². The molecule has 1 unspecified atom stereocenters. The normalized spacial score (nSPS) is 18.8. The first-order chi connectivity index (χ1) is 34.5. The Hall–Kier alpha value is -5.65. The number of nitrogens with two attached hydrogens (primary N) is 1. The molecule has 5 heterocycles. The summed E-state index contributed by atoms with van der Waals surface area (Å²) in [4.78, 5) is 65.4. The molecule has 0 aliphatic carbocycles. The Balaban J connectivity index is 0.741. The average molecular weight is 1010 g/mol. The highest BCUT2D eigenvalue weighted by molar-refractivity contribution is 7.13. The molecule has 3 fully saturated rings. The van der Waals surface area contributed by atoms with Crippen molar-refractivity contribution in [1.29, 1.82) is 0 Å². The number of phenolic OH excluding ortho intramolecular Hbond substituents is 1. The summed E-state index contributed by atoms with van der Waals surface area (Å²) in [6.45, 7) is 12.8. The van der Waals surface area contributed by atoms with Crippen LogP contribution in [-0.4, -0.2) is 122 Å². The number of β-amino-alcohol motifs (C(OH)–C–C–N with tert-alkyl or cyclic N) is 1. The second kappa shape index (κ2) is 24.9. The molecule has 2 aromatic heterocycles. The van der Waals surface area contributed by atoms with Crippen molar-refractivity contribution in [2.24, 2.45) is 5.41 Å². The molecular formula is C55H77N9O7S. The molecule has 2 aromatic carbocycles. The quantitative estimate of drug-likeness (QED) is 0.0501. The number of hydrogen-bond donors (Lipinski definition) is 5. The second-order valence-electron chi connectivity index (χ2n) is 21.3. The molecular weight excluding hydrogens is 931 g/mol. The summed E-state index contributed by atoms with van der Waals surface area (Å²) in [5.41, 5.74) is 12.0. The van der Waals surface area contributed by atoms with E-state index in [0.717, 1.165) is 104 Å². The molecule has 390 valence electrons. The number of aromatic nitrogens is 3. The van der Waals surface area contributed by atoms with Gasteiger partial charge < -0.3 is 46.0 Å². The second-order valence-corrected chi connectivity index (χ2v) is 22.1. The molecule has 0 radical (unpaired) electrons. The van der Waals surface area contributed by atoms with E-state index in [1.54, 1.807) is 29.5 Å². The van der Waals surface area contributed by atoms with Crippen LogP contribution in [0.25, 0.3) is 21.7 Å². The number of morpholine rings is 1. The van der Waals surface area contributed by atoms with Gasteiger partial charge in [-0.3, -0.25) is 19.2 Å². The third-order valence-corrected chi connectivity index (χ3v) is 15.7. The van der Waals surface area contributed by atoms with Crippen LogP contribution in [0.5, 0.6) is 5.75 Å². The summed E-state index contributed by atoms with van der Waals surface area (Å²) in [7, 11) is 0. The van der Waals surface area contributed by atoms with Crippen LogP contribution in [0.4, 0.5) is 11.5 Å². The molecule has 6 N–H and O–H groups in total. The zero-order chi connectivity index (χ0) is 51.4. The lowest BCUT2D eigenvalue weighted by Crippen LogP contribution is -2.58. The van der Waals surface area contributed by atoms with Crippen molar-refractivity contribution in [1.82, 2.24) is 35.6 Å². The summed E-state index contributed by atoms with van der Waals surface area (Å²) in [5.74, 6) is -0.186. The highest BCUT2D eigenvalue weighted by Crippen LogP contribution is 2.37. The first-order valence-corrected chi connectivity index (χ1v) is 27.1. The van der Waals surface area contributed by atoms with Gasteiger partial charge in [-0.05, 0) is 74.3 Å². The molecule has 0 saturated carbocycles. The minimum atomic E-state index is -0.851. The number of nitrogens with one attached hydrogen (secondary N) is 2. The number of aromatic hydroxyl groups is 1. The number of ether oxygens (including phenoxy) is 1. The first kappa shape index (κ1) is 54.1. The minimum Gasteiger partial charge on any atom is -0.507 e. The number of anilines is 2. The van der Waals surface area contributed by atoms with E-state index < -0.39 is 23.6 Å². The van der Waals surface area contributed by atoms with Gasteiger partial charge >= 0.3 is 0 Å². The van der Waals surface area contributed by atoms with Gasteiger partial charge in [0.05, 0.1) is 51.8 Å². The monoisotopic (exact) mass is 1010 g/mol. The van der Waals surface area contributed by atoms with Crippen molar-refractivity contribution in [2.75, 3.05) is 50.0 Å². The molecule has 72 heavy (non-hydrogen) atoms. The molecule has 3 aliphatic heterocycles. The highest BCUT2D eigenvalue weighted by Gasteiger charge is 2.45. The average Bonchev–Trinajstić information content (AvgIpc) is 3.98. The fourth-order valence-electron chi connectivity index (χ4n) is 10.4. The van der Waals surface area contributed by atoms with Crippen LogP contribution < -0.4 is 21.3 Å². The molecule has 4 amide bonds. The Kier molecular flexibility index (Phi) is 18.7. The molecule has 16 nitrogen and oxygen atoms in total. The SMILES string of the molecule is Cc1ncsc1-c1ccc([C@H](C)NC(=O)[C@@H]2CC(O)CN2C(=O)[C@@H](NC(=O)CCCCCCCCCCCCC(=O)N2CCOC3(CCN(c4cc(-c5ccccc5O)nnc4N)CC3)C2)C(C)(C)C)cc1. The molecule has 17 heteroatoms. The number of piperidine rings is 1. The predicted octanol–water partition coefficient (Wildman–Crippen LogP) is 8.11. The fourth-order valence-corrected chi connectivity index (χ4v) is 11.2. The largest absolute Gasteiger partial charge is 0.507 e. The predicted molar refractivity (Wildman–Crippen MR) is 282 cm³/mol. The van der Waals surface area contributed by atoms with Gasteiger partial charge in [-0.15, -0.1) is 21.5 Å². The molecule has 1 spiro atoms. The number of rotatable bonds is 21. The van der Waals surface area contributed by atoms with Gasteiger partial charge in [-0.2, -0.15) is 0 Å². The number of carbonyl (C=O) groups is 4. The lowest BCUT2D eigenvalue weighted by Gasteiger charge is -2.47. The summed E-state index contributed by atoms with van der Waals surface area (Å²) >= 11 is 1.59. The van der Waals surface area contributed by atoms with Crippen LogP contribution in [0.2, 0.25) is 0 Å². The Bertz CT molecular complexity index is 2450. The number of aryl methyl sites for hydroxylation is 1. The van der Waals surface area contributed by atoms with Crippen molar-refractivity contribution >= 4 is 46.5 Å². The van der Waals surface area contributed by atoms with E-state index in [4.69, 9.17) is 10.5 Å². The number of hydrogen-bond acceptors (Lipinski definition) is 13. The van der Waals surface area contributed by atoms with Crippen LogP contribution in [-0.2, 0) is 23.9 Å². The van der Waals surface area contributed by atoms with Gasteiger partial charge in [0.1, 0.15) is 17.8 Å². The number of carbonyl (C=O) groups excluding carboxylic acids is 4. The lowest BCUT2D eigenvalue weighted by atomic mass is 9.85. The Morgan fingerprint density at radius 2 is 1.54 bits per heavy atom.